The van der Waals surface area contributed by atoms with Crippen molar-refractivity contribution in [3.8, 4) is 11.5 Å². The third kappa shape index (κ3) is 3.06. The first kappa shape index (κ1) is 17.9. The Morgan fingerprint density at radius 1 is 1.30 bits per heavy atom. The van der Waals surface area contributed by atoms with Crippen molar-refractivity contribution in [3.63, 3.8) is 0 Å². The van der Waals surface area contributed by atoms with Gasteiger partial charge in [-0.3, -0.25) is 0 Å². The predicted octanol–water partition coefficient (Wildman–Crippen LogP) is 3.53. The molecule has 2 aromatic heterocycles. The van der Waals surface area contributed by atoms with Crippen LogP contribution in [0.3, 0.4) is 0 Å². The van der Waals surface area contributed by atoms with E-state index in [9.17, 15) is 4.39 Å². The Labute approximate surface area is 157 Å². The summed E-state index contributed by atoms with van der Waals surface area (Å²) in [5, 5.41) is 4.70. The van der Waals surface area contributed by atoms with Gasteiger partial charge in [0.05, 0.1) is 5.56 Å². The van der Waals surface area contributed by atoms with E-state index >= 15 is 0 Å². The first-order valence-corrected chi connectivity index (χ1v) is 9.26. The van der Waals surface area contributed by atoms with Crippen molar-refractivity contribution in [2.24, 2.45) is 5.73 Å². The van der Waals surface area contributed by atoms with Gasteiger partial charge in [0.2, 0.25) is 0 Å². The van der Waals surface area contributed by atoms with Gasteiger partial charge in [-0.15, -0.1) is 0 Å². The lowest BCUT2D eigenvalue weighted by atomic mass is 10.00. The fourth-order valence-corrected chi connectivity index (χ4v) is 3.77. The van der Waals surface area contributed by atoms with Gasteiger partial charge in [0.25, 0.3) is 5.89 Å². The highest BCUT2D eigenvalue weighted by Crippen LogP contribution is 2.39. The molecule has 1 aliphatic heterocycles. The molecular weight excluding hydrogens is 345 g/mol. The summed E-state index contributed by atoms with van der Waals surface area (Å²) >= 11 is 0. The zero-order valence-electron chi connectivity index (χ0n) is 16.1. The summed E-state index contributed by atoms with van der Waals surface area (Å²) in [6.07, 6.45) is 1.59. The Morgan fingerprint density at radius 2 is 2.07 bits per heavy atom. The monoisotopic (exact) mass is 369 g/mol. The second kappa shape index (κ2) is 6.27. The zero-order valence-corrected chi connectivity index (χ0v) is 16.1. The summed E-state index contributed by atoms with van der Waals surface area (Å²) < 4.78 is 20.3. The van der Waals surface area contributed by atoms with Gasteiger partial charge < -0.3 is 15.2 Å². The van der Waals surface area contributed by atoms with Crippen LogP contribution < -0.4 is 10.6 Å². The molecule has 142 valence electrons. The van der Waals surface area contributed by atoms with Gasteiger partial charge in [-0.25, -0.2) is 9.37 Å². The van der Waals surface area contributed by atoms with Gasteiger partial charge in [0.15, 0.2) is 5.82 Å². The van der Waals surface area contributed by atoms with E-state index < -0.39 is 0 Å². The SMILES string of the molecule is CCc1cc(F)c2nc(N3CC[C@@](C)(N)C3)c(-c3nc(C)no3)c(C)c2c1. The van der Waals surface area contributed by atoms with Gasteiger partial charge in [0, 0.05) is 24.0 Å². The topological polar surface area (TPSA) is 81.1 Å². The van der Waals surface area contributed by atoms with E-state index in [1.165, 1.54) is 0 Å². The minimum atomic E-state index is -0.309. The first-order chi connectivity index (χ1) is 12.8. The van der Waals surface area contributed by atoms with E-state index in [2.05, 4.69) is 15.0 Å². The summed E-state index contributed by atoms with van der Waals surface area (Å²) in [7, 11) is 0. The number of benzene rings is 1. The number of hydrogen-bond acceptors (Lipinski definition) is 6. The second-order valence-corrected chi connectivity index (χ2v) is 7.74. The Hall–Kier alpha value is -2.54. The number of pyridine rings is 1. The Bertz CT molecular complexity index is 1030. The molecule has 1 aliphatic rings. The zero-order chi connectivity index (χ0) is 19.3. The van der Waals surface area contributed by atoms with E-state index in [1.807, 2.05) is 26.8 Å². The normalized spacial score (nSPS) is 20.0. The molecule has 3 aromatic rings. The van der Waals surface area contributed by atoms with Gasteiger partial charge in [0.1, 0.15) is 17.2 Å². The van der Waals surface area contributed by atoms with E-state index in [0.717, 1.165) is 41.5 Å². The molecule has 0 aliphatic carbocycles. The molecule has 0 unspecified atom stereocenters. The highest BCUT2D eigenvalue weighted by atomic mass is 19.1. The lowest BCUT2D eigenvalue weighted by Crippen LogP contribution is -2.39. The van der Waals surface area contributed by atoms with Crippen molar-refractivity contribution in [1.29, 1.82) is 0 Å². The molecule has 27 heavy (non-hydrogen) atoms. The van der Waals surface area contributed by atoms with Gasteiger partial charge in [-0.2, -0.15) is 4.98 Å². The number of nitrogens with zero attached hydrogens (tertiary/aromatic N) is 4. The number of rotatable bonds is 3. The standard InChI is InChI=1S/C20H24FN5O/c1-5-13-8-14-11(2)16(19-23-12(3)25-27-19)18(24-17(14)15(21)9-13)26-7-6-20(4,22)10-26/h8-9H,5-7,10,22H2,1-4H3/t20-/m1/s1. The van der Waals surface area contributed by atoms with Crippen molar-refractivity contribution in [3.05, 3.63) is 34.9 Å². The fourth-order valence-electron chi connectivity index (χ4n) is 3.77. The molecule has 6 nitrogen and oxygen atoms in total. The molecule has 7 heteroatoms. The van der Waals surface area contributed by atoms with Crippen LogP contribution in [0.1, 0.15) is 37.2 Å². The minimum Gasteiger partial charge on any atom is -0.354 e. The van der Waals surface area contributed by atoms with E-state index in [4.69, 9.17) is 15.2 Å². The number of aryl methyl sites for hydroxylation is 3. The summed E-state index contributed by atoms with van der Waals surface area (Å²) in [5.74, 6) is 1.30. The van der Waals surface area contributed by atoms with Crippen molar-refractivity contribution < 1.29 is 8.91 Å². The van der Waals surface area contributed by atoms with Gasteiger partial charge >= 0.3 is 0 Å². The molecule has 0 bridgehead atoms. The molecule has 4 rings (SSSR count). The molecule has 3 heterocycles. The van der Waals surface area contributed by atoms with Crippen LogP contribution in [0.25, 0.3) is 22.4 Å². The maximum Gasteiger partial charge on any atom is 0.261 e. The summed E-state index contributed by atoms with van der Waals surface area (Å²) in [4.78, 5) is 11.2. The van der Waals surface area contributed by atoms with Crippen LogP contribution in [-0.4, -0.2) is 33.8 Å². The van der Waals surface area contributed by atoms with Gasteiger partial charge in [-0.05, 0) is 56.9 Å². The predicted molar refractivity (Wildman–Crippen MR) is 103 cm³/mol. The quantitative estimate of drug-likeness (QED) is 0.761. The maximum atomic E-state index is 14.8. The van der Waals surface area contributed by atoms with Crippen molar-refractivity contribution in [2.75, 3.05) is 18.0 Å². The van der Waals surface area contributed by atoms with Crippen LogP contribution >= 0.6 is 0 Å². The number of anilines is 1. The van der Waals surface area contributed by atoms with E-state index in [-0.39, 0.29) is 11.4 Å². The lowest BCUT2D eigenvalue weighted by Gasteiger charge is -2.24. The Morgan fingerprint density at radius 3 is 2.67 bits per heavy atom. The largest absolute Gasteiger partial charge is 0.354 e. The third-order valence-corrected chi connectivity index (χ3v) is 5.30. The van der Waals surface area contributed by atoms with Crippen LogP contribution in [0.2, 0.25) is 0 Å². The molecule has 0 saturated carbocycles. The number of halogens is 1. The molecular formula is C20H24FN5O. The molecule has 1 saturated heterocycles. The average molecular weight is 369 g/mol. The van der Waals surface area contributed by atoms with E-state index in [0.29, 0.717) is 29.6 Å². The Balaban J connectivity index is 2.01. The van der Waals surface area contributed by atoms with Crippen LogP contribution in [0.15, 0.2) is 16.7 Å². The maximum absolute atomic E-state index is 14.8. The molecule has 1 aromatic carbocycles. The highest BCUT2D eigenvalue weighted by molar-refractivity contribution is 5.93. The summed E-state index contributed by atoms with van der Waals surface area (Å²) in [5.41, 5.74) is 8.96. The highest BCUT2D eigenvalue weighted by Gasteiger charge is 2.34. The number of aromatic nitrogens is 3. The van der Waals surface area contributed by atoms with Crippen LogP contribution in [0, 0.1) is 19.7 Å². The lowest BCUT2D eigenvalue weighted by molar-refractivity contribution is 0.425. The number of nitrogens with two attached hydrogens (primary N) is 1. The molecule has 0 radical (unpaired) electrons. The number of hydrogen-bond donors (Lipinski definition) is 1. The van der Waals surface area contributed by atoms with Crippen molar-refractivity contribution in [2.45, 2.75) is 46.1 Å². The summed E-state index contributed by atoms with van der Waals surface area (Å²) in [6, 6.07) is 3.56. The smallest absolute Gasteiger partial charge is 0.261 e. The molecule has 1 atom stereocenters. The minimum absolute atomic E-state index is 0.308. The van der Waals surface area contributed by atoms with Crippen LogP contribution in [0.5, 0.6) is 0 Å². The first-order valence-electron chi connectivity index (χ1n) is 9.26. The molecule has 2 N–H and O–H groups in total. The third-order valence-electron chi connectivity index (χ3n) is 5.30. The second-order valence-electron chi connectivity index (χ2n) is 7.74. The molecule has 0 amide bonds. The molecule has 1 fully saturated rings. The number of fused-ring (bicyclic) bond motifs is 1. The fraction of sp³-hybridized carbons (Fsp3) is 0.450. The van der Waals surface area contributed by atoms with Crippen LogP contribution in [-0.2, 0) is 6.42 Å². The average Bonchev–Trinajstić information content (AvgIpc) is 3.20. The van der Waals surface area contributed by atoms with Crippen molar-refractivity contribution in [1.82, 2.24) is 15.1 Å². The Kier molecular flexibility index (Phi) is 4.14. The van der Waals surface area contributed by atoms with Gasteiger partial charge in [-0.1, -0.05) is 12.1 Å². The molecule has 0 spiro atoms. The van der Waals surface area contributed by atoms with Crippen molar-refractivity contribution >= 4 is 16.7 Å². The van der Waals surface area contributed by atoms with E-state index in [1.54, 1.807) is 13.0 Å². The summed E-state index contributed by atoms with van der Waals surface area (Å²) in [6.45, 7) is 9.15. The van der Waals surface area contributed by atoms with Crippen LogP contribution in [0.4, 0.5) is 10.2 Å².